The van der Waals surface area contributed by atoms with Gasteiger partial charge in [0.1, 0.15) is 0 Å². The van der Waals surface area contributed by atoms with Crippen LogP contribution in [0.5, 0.6) is 11.5 Å². The number of rotatable bonds is 6. The van der Waals surface area contributed by atoms with E-state index in [-0.39, 0.29) is 12.8 Å². The maximum Gasteiger partial charge on any atom is 0.319 e. The Bertz CT molecular complexity index is 1070. The fourth-order valence-electron chi connectivity index (χ4n) is 3.96. The van der Waals surface area contributed by atoms with Crippen LogP contribution in [0.4, 0.5) is 10.5 Å². The molecule has 2 amide bonds. The number of carbonyl (C=O) groups is 1. The van der Waals surface area contributed by atoms with E-state index in [1.165, 1.54) is 5.52 Å². The highest BCUT2D eigenvalue weighted by atomic mass is 16.7. The first-order chi connectivity index (χ1) is 15.2. The van der Waals surface area contributed by atoms with E-state index in [1.54, 1.807) is 0 Å². The Balaban J connectivity index is 1.16. The number of morpholine rings is 1. The summed E-state index contributed by atoms with van der Waals surface area (Å²) in [4.78, 5) is 14.8. The van der Waals surface area contributed by atoms with Gasteiger partial charge in [-0.3, -0.25) is 4.90 Å². The van der Waals surface area contributed by atoms with Crippen molar-refractivity contribution in [2.75, 3.05) is 45.0 Å². The number of anilines is 1. The molecule has 162 valence electrons. The van der Waals surface area contributed by atoms with E-state index >= 15 is 0 Å². The van der Waals surface area contributed by atoms with Gasteiger partial charge >= 0.3 is 6.03 Å². The molecule has 31 heavy (non-hydrogen) atoms. The van der Waals surface area contributed by atoms with Gasteiger partial charge in [0, 0.05) is 55.5 Å². The molecule has 0 atom stereocenters. The number of hydrogen-bond acceptors (Lipinski definition) is 5. The van der Waals surface area contributed by atoms with Crippen LogP contribution in [-0.4, -0.2) is 55.1 Å². The Hall–Kier alpha value is -3.23. The molecule has 8 heteroatoms. The SMILES string of the molecule is O=C(NCc1ccc2c(c1)OCO2)Nc1ccc2c(ccn2CCN2CCOCC2)c1. The van der Waals surface area contributed by atoms with Crippen LogP contribution in [0.2, 0.25) is 0 Å². The summed E-state index contributed by atoms with van der Waals surface area (Å²) in [5.74, 6) is 1.45. The van der Waals surface area contributed by atoms with Crippen molar-refractivity contribution >= 4 is 22.6 Å². The lowest BCUT2D eigenvalue weighted by atomic mass is 10.2. The van der Waals surface area contributed by atoms with Gasteiger partial charge in [0.2, 0.25) is 6.79 Å². The smallest absolute Gasteiger partial charge is 0.319 e. The highest BCUT2D eigenvalue weighted by Gasteiger charge is 2.14. The van der Waals surface area contributed by atoms with Crippen LogP contribution < -0.4 is 20.1 Å². The van der Waals surface area contributed by atoms with E-state index in [0.29, 0.717) is 12.3 Å². The Morgan fingerprint density at radius 2 is 1.84 bits per heavy atom. The summed E-state index contributed by atoms with van der Waals surface area (Å²) < 4.78 is 18.4. The molecular formula is C23H26N4O4. The normalized spacial score (nSPS) is 15.9. The van der Waals surface area contributed by atoms with Crippen molar-refractivity contribution in [2.45, 2.75) is 13.1 Å². The van der Waals surface area contributed by atoms with E-state index in [4.69, 9.17) is 14.2 Å². The van der Waals surface area contributed by atoms with Gasteiger partial charge in [0.15, 0.2) is 11.5 Å². The van der Waals surface area contributed by atoms with E-state index in [1.807, 2.05) is 30.3 Å². The average Bonchev–Trinajstić information content (AvgIpc) is 3.43. The molecule has 8 nitrogen and oxygen atoms in total. The van der Waals surface area contributed by atoms with Crippen molar-refractivity contribution in [3.05, 3.63) is 54.2 Å². The molecule has 1 aromatic heterocycles. The van der Waals surface area contributed by atoms with Gasteiger partial charge < -0.3 is 29.4 Å². The van der Waals surface area contributed by atoms with Crippen LogP contribution in [-0.2, 0) is 17.8 Å². The van der Waals surface area contributed by atoms with Crippen LogP contribution >= 0.6 is 0 Å². The summed E-state index contributed by atoms with van der Waals surface area (Å²) in [5.41, 5.74) is 2.88. The lowest BCUT2D eigenvalue weighted by Gasteiger charge is -2.26. The third-order valence-electron chi connectivity index (χ3n) is 5.68. The first-order valence-corrected chi connectivity index (χ1v) is 10.6. The van der Waals surface area contributed by atoms with Gasteiger partial charge in [-0.25, -0.2) is 4.79 Å². The second kappa shape index (κ2) is 8.87. The van der Waals surface area contributed by atoms with Gasteiger partial charge in [-0.05, 0) is 42.0 Å². The quantitative estimate of drug-likeness (QED) is 0.639. The van der Waals surface area contributed by atoms with E-state index in [2.05, 4.69) is 38.4 Å². The molecule has 3 heterocycles. The van der Waals surface area contributed by atoms with E-state index in [0.717, 1.165) is 61.8 Å². The number of benzene rings is 2. The Kier molecular flexibility index (Phi) is 5.64. The minimum Gasteiger partial charge on any atom is -0.454 e. The largest absolute Gasteiger partial charge is 0.454 e. The van der Waals surface area contributed by atoms with Gasteiger partial charge in [0.05, 0.1) is 13.2 Å². The number of hydrogen-bond donors (Lipinski definition) is 2. The molecule has 2 N–H and O–H groups in total. The predicted molar refractivity (Wildman–Crippen MR) is 118 cm³/mol. The predicted octanol–water partition coefficient (Wildman–Crippen LogP) is 3.02. The zero-order valence-corrected chi connectivity index (χ0v) is 17.3. The molecule has 0 unspecified atom stereocenters. The van der Waals surface area contributed by atoms with Crippen LogP contribution in [0.1, 0.15) is 5.56 Å². The Labute approximate surface area is 180 Å². The molecule has 0 bridgehead atoms. The second-order valence-corrected chi connectivity index (χ2v) is 7.73. The highest BCUT2D eigenvalue weighted by Crippen LogP contribution is 2.32. The summed E-state index contributed by atoms with van der Waals surface area (Å²) in [7, 11) is 0. The van der Waals surface area contributed by atoms with Crippen molar-refractivity contribution in [1.29, 1.82) is 0 Å². The number of aromatic nitrogens is 1. The van der Waals surface area contributed by atoms with Crippen LogP contribution in [0, 0.1) is 0 Å². The molecule has 0 saturated carbocycles. The molecule has 0 radical (unpaired) electrons. The summed E-state index contributed by atoms with van der Waals surface area (Å²) in [6.07, 6.45) is 2.11. The number of nitrogens with one attached hydrogen (secondary N) is 2. The molecule has 2 aliphatic heterocycles. The van der Waals surface area contributed by atoms with Gasteiger partial charge in [0.25, 0.3) is 0 Å². The topological polar surface area (TPSA) is 77.0 Å². The number of urea groups is 1. The minimum atomic E-state index is -0.247. The highest BCUT2D eigenvalue weighted by molar-refractivity contribution is 5.92. The Morgan fingerprint density at radius 3 is 2.74 bits per heavy atom. The first kappa shape index (κ1) is 19.7. The lowest BCUT2D eigenvalue weighted by Crippen LogP contribution is -2.38. The van der Waals surface area contributed by atoms with Gasteiger partial charge in [-0.15, -0.1) is 0 Å². The fraction of sp³-hybridized carbons (Fsp3) is 0.348. The molecule has 2 aliphatic rings. The molecule has 0 spiro atoms. The third-order valence-corrected chi connectivity index (χ3v) is 5.68. The summed E-state index contributed by atoms with van der Waals surface area (Å²) >= 11 is 0. The van der Waals surface area contributed by atoms with E-state index < -0.39 is 0 Å². The molecule has 3 aromatic rings. The first-order valence-electron chi connectivity index (χ1n) is 10.6. The number of fused-ring (bicyclic) bond motifs is 2. The van der Waals surface area contributed by atoms with Crippen LogP contribution in [0.15, 0.2) is 48.7 Å². The number of amides is 2. The van der Waals surface area contributed by atoms with Crippen molar-refractivity contribution in [3.63, 3.8) is 0 Å². The summed E-state index contributed by atoms with van der Waals surface area (Å²) in [6, 6.07) is 13.5. The molecule has 5 rings (SSSR count). The van der Waals surface area contributed by atoms with E-state index in [9.17, 15) is 4.79 Å². The van der Waals surface area contributed by atoms with Crippen molar-refractivity contribution in [1.82, 2.24) is 14.8 Å². The van der Waals surface area contributed by atoms with Crippen LogP contribution in [0.3, 0.4) is 0 Å². The van der Waals surface area contributed by atoms with Crippen LogP contribution in [0.25, 0.3) is 10.9 Å². The summed E-state index contributed by atoms with van der Waals surface area (Å²) in [5, 5.41) is 6.90. The van der Waals surface area contributed by atoms with Crippen molar-refractivity contribution in [3.8, 4) is 11.5 Å². The zero-order chi connectivity index (χ0) is 21.0. The average molecular weight is 422 g/mol. The lowest BCUT2D eigenvalue weighted by molar-refractivity contribution is 0.0365. The zero-order valence-electron chi connectivity index (χ0n) is 17.3. The monoisotopic (exact) mass is 422 g/mol. The number of nitrogens with zero attached hydrogens (tertiary/aromatic N) is 2. The molecule has 1 fully saturated rings. The Morgan fingerprint density at radius 1 is 0.968 bits per heavy atom. The second-order valence-electron chi connectivity index (χ2n) is 7.73. The number of carbonyl (C=O) groups excluding carboxylic acids is 1. The minimum absolute atomic E-state index is 0.240. The van der Waals surface area contributed by atoms with Gasteiger partial charge in [-0.1, -0.05) is 6.07 Å². The molecular weight excluding hydrogens is 396 g/mol. The van der Waals surface area contributed by atoms with Crippen molar-refractivity contribution < 1.29 is 19.0 Å². The maximum atomic E-state index is 12.3. The molecule has 1 saturated heterocycles. The maximum absolute atomic E-state index is 12.3. The van der Waals surface area contributed by atoms with Gasteiger partial charge in [-0.2, -0.15) is 0 Å². The third kappa shape index (κ3) is 4.60. The van der Waals surface area contributed by atoms with Crippen molar-refractivity contribution in [2.24, 2.45) is 0 Å². The summed E-state index contributed by atoms with van der Waals surface area (Å²) in [6.45, 7) is 6.22. The molecule has 2 aromatic carbocycles. The molecule has 0 aliphatic carbocycles. The standard InChI is InChI=1S/C23H26N4O4/c28-23(24-15-17-1-4-21-22(13-17)31-16-30-21)25-19-2-3-20-18(14-19)5-6-27(20)8-7-26-9-11-29-12-10-26/h1-6,13-14H,7-12,15-16H2,(H2,24,25,28). The number of ether oxygens (including phenoxy) is 3. The fourth-order valence-corrected chi connectivity index (χ4v) is 3.96.